The molecule has 0 fully saturated rings. The van der Waals surface area contributed by atoms with Crippen molar-refractivity contribution < 1.29 is 4.79 Å². The molecule has 0 radical (unpaired) electrons. The van der Waals surface area contributed by atoms with Crippen LogP contribution in [-0.4, -0.2) is 41.7 Å². The van der Waals surface area contributed by atoms with Gasteiger partial charge in [-0.05, 0) is 70.4 Å². The van der Waals surface area contributed by atoms with Gasteiger partial charge >= 0.3 is 0 Å². The zero-order chi connectivity index (χ0) is 23.8. The van der Waals surface area contributed by atoms with Crippen LogP contribution in [-0.2, 0) is 4.79 Å². The molecule has 0 aromatic rings. The first-order chi connectivity index (χ1) is 15.0. The molecule has 172 valence electrons. The van der Waals surface area contributed by atoms with Gasteiger partial charge < -0.3 is 5.32 Å². The van der Waals surface area contributed by atoms with Crippen molar-refractivity contribution in [3.05, 3.63) is 34.6 Å². The van der Waals surface area contributed by atoms with Crippen molar-refractivity contribution in [2.24, 2.45) is 9.98 Å². The Hall–Kier alpha value is -2.10. The number of hydrogen-bond donors (Lipinski definition) is 2. The number of carbonyl (C=O) groups is 1. The molecule has 1 heterocycles. The molecular formula is C25H40N4OS. The molecule has 1 aliphatic carbocycles. The normalized spacial score (nSPS) is 18.1. The summed E-state index contributed by atoms with van der Waals surface area (Å²) in [6, 6.07) is 0.349. The number of amides is 1. The first-order valence-corrected chi connectivity index (χ1v) is 12.1. The van der Waals surface area contributed by atoms with Crippen LogP contribution in [0.2, 0.25) is 0 Å². The maximum Gasteiger partial charge on any atom is 0.250 e. The van der Waals surface area contributed by atoms with Gasteiger partial charge in [0.25, 0.3) is 5.91 Å². The van der Waals surface area contributed by atoms with E-state index in [9.17, 15) is 4.79 Å². The summed E-state index contributed by atoms with van der Waals surface area (Å²) < 4.78 is 0. The SMILES string of the molecule is C#C.C/C=N\C(NC(C)C)/C(C)=C1\CSC(C2=CC(C(=O)NCCC)=CCC2)=N1.CC. The number of hydrogen-bond acceptors (Lipinski definition) is 5. The Kier molecular flexibility index (Phi) is 15.5. The second-order valence-corrected chi connectivity index (χ2v) is 8.05. The van der Waals surface area contributed by atoms with Crippen molar-refractivity contribution in [1.82, 2.24) is 10.6 Å². The van der Waals surface area contributed by atoms with Gasteiger partial charge in [0.1, 0.15) is 6.17 Å². The van der Waals surface area contributed by atoms with Crippen molar-refractivity contribution >= 4 is 28.9 Å². The molecule has 1 aliphatic heterocycles. The summed E-state index contributed by atoms with van der Waals surface area (Å²) >= 11 is 1.76. The van der Waals surface area contributed by atoms with Gasteiger partial charge in [0.15, 0.2) is 0 Å². The molecule has 2 rings (SSSR count). The maximum absolute atomic E-state index is 12.2. The largest absolute Gasteiger partial charge is 0.352 e. The summed E-state index contributed by atoms with van der Waals surface area (Å²) in [6.07, 6.45) is 16.6. The minimum Gasteiger partial charge on any atom is -0.352 e. The predicted molar refractivity (Wildman–Crippen MR) is 139 cm³/mol. The Morgan fingerprint density at radius 1 is 1.35 bits per heavy atom. The lowest BCUT2D eigenvalue weighted by molar-refractivity contribution is -0.117. The highest BCUT2D eigenvalue weighted by Crippen LogP contribution is 2.32. The number of carbonyl (C=O) groups excluding carboxylic acids is 1. The molecule has 2 N–H and O–H groups in total. The second kappa shape index (κ2) is 16.6. The molecule has 0 aromatic heterocycles. The number of nitrogens with zero attached hydrogens (tertiary/aromatic N) is 2. The Bertz CT molecular complexity index is 742. The van der Waals surface area contributed by atoms with Gasteiger partial charge in [0.2, 0.25) is 0 Å². The summed E-state index contributed by atoms with van der Waals surface area (Å²) in [6.45, 7) is 15.1. The molecule has 0 saturated heterocycles. The second-order valence-electron chi connectivity index (χ2n) is 7.09. The standard InChI is InChI=1S/C21H32N4OS.C2H6.C2H2/c1-6-11-23-20(26)16-9-8-10-17(12-16)21-25-18(13-27-21)15(5)19(22-7-2)24-14(3)4;2*1-2/h7,9,12,14,19,24H,6,8,10-11,13H2,1-5H3,(H,23,26);1-2H3;1-2H/b18-15+,22-7-;;. The monoisotopic (exact) mass is 444 g/mol. The zero-order valence-electron chi connectivity index (χ0n) is 20.3. The van der Waals surface area contributed by atoms with E-state index in [0.717, 1.165) is 46.9 Å². The van der Waals surface area contributed by atoms with E-state index in [1.165, 1.54) is 5.57 Å². The van der Waals surface area contributed by atoms with Crippen molar-refractivity contribution in [3.63, 3.8) is 0 Å². The molecule has 5 nitrogen and oxygen atoms in total. The molecule has 1 unspecified atom stereocenters. The molecule has 1 atom stereocenters. The molecule has 2 aliphatic rings. The molecule has 31 heavy (non-hydrogen) atoms. The van der Waals surface area contributed by atoms with E-state index in [2.05, 4.69) is 56.2 Å². The van der Waals surface area contributed by atoms with Crippen molar-refractivity contribution in [2.75, 3.05) is 12.3 Å². The van der Waals surface area contributed by atoms with Crippen molar-refractivity contribution in [1.29, 1.82) is 0 Å². The number of rotatable bonds is 8. The molecular weight excluding hydrogens is 404 g/mol. The van der Waals surface area contributed by atoms with E-state index < -0.39 is 0 Å². The average Bonchev–Trinajstić information content (AvgIpc) is 3.29. The van der Waals surface area contributed by atoms with Crippen LogP contribution >= 0.6 is 11.8 Å². The van der Waals surface area contributed by atoms with E-state index in [1.807, 2.05) is 39.1 Å². The number of aliphatic imine (C=N–C) groups is 2. The summed E-state index contributed by atoms with van der Waals surface area (Å²) in [7, 11) is 0. The molecule has 0 saturated carbocycles. The lowest BCUT2D eigenvalue weighted by Crippen LogP contribution is -2.34. The summed E-state index contributed by atoms with van der Waals surface area (Å²) in [5.41, 5.74) is 4.18. The third-order valence-electron chi connectivity index (χ3n) is 4.42. The minimum atomic E-state index is -0.0377. The molecule has 0 spiro atoms. The van der Waals surface area contributed by atoms with Crippen LogP contribution in [0.4, 0.5) is 0 Å². The van der Waals surface area contributed by atoms with Crippen LogP contribution in [0.5, 0.6) is 0 Å². The van der Waals surface area contributed by atoms with Gasteiger partial charge in [0, 0.05) is 23.9 Å². The highest BCUT2D eigenvalue weighted by Gasteiger charge is 2.23. The van der Waals surface area contributed by atoms with E-state index in [-0.39, 0.29) is 12.1 Å². The molecule has 1 amide bonds. The Morgan fingerprint density at radius 2 is 2.03 bits per heavy atom. The fourth-order valence-corrected chi connectivity index (χ4v) is 4.05. The number of nitrogens with one attached hydrogen (secondary N) is 2. The average molecular weight is 445 g/mol. The fraction of sp³-hybridized carbons (Fsp3) is 0.560. The lowest BCUT2D eigenvalue weighted by Gasteiger charge is -2.19. The van der Waals surface area contributed by atoms with Gasteiger partial charge in [-0.25, -0.2) is 4.99 Å². The topological polar surface area (TPSA) is 65.8 Å². The summed E-state index contributed by atoms with van der Waals surface area (Å²) in [5, 5.41) is 7.48. The zero-order valence-corrected chi connectivity index (χ0v) is 21.1. The van der Waals surface area contributed by atoms with E-state index in [0.29, 0.717) is 12.6 Å². The van der Waals surface area contributed by atoms with E-state index in [1.54, 1.807) is 11.8 Å². The van der Waals surface area contributed by atoms with Crippen molar-refractivity contribution in [2.45, 2.75) is 79.9 Å². The van der Waals surface area contributed by atoms with Crippen molar-refractivity contribution in [3.8, 4) is 12.8 Å². The molecule has 0 aromatic carbocycles. The van der Waals surface area contributed by atoms with Gasteiger partial charge in [-0.3, -0.25) is 15.1 Å². The third kappa shape index (κ3) is 9.71. The van der Waals surface area contributed by atoms with Gasteiger partial charge in [-0.1, -0.05) is 38.6 Å². The van der Waals surface area contributed by atoms with Crippen LogP contribution in [0.1, 0.15) is 67.7 Å². The predicted octanol–water partition coefficient (Wildman–Crippen LogP) is 5.27. The Labute approximate surface area is 194 Å². The van der Waals surface area contributed by atoms with E-state index in [4.69, 9.17) is 4.99 Å². The highest BCUT2D eigenvalue weighted by atomic mass is 32.2. The number of thioether (sulfide) groups is 1. The van der Waals surface area contributed by atoms with Crippen LogP contribution in [0.25, 0.3) is 0 Å². The fourth-order valence-electron chi connectivity index (χ4n) is 2.96. The minimum absolute atomic E-state index is 0.0167. The van der Waals surface area contributed by atoms with Gasteiger partial charge in [-0.15, -0.1) is 12.8 Å². The third-order valence-corrected chi connectivity index (χ3v) is 5.46. The Morgan fingerprint density at radius 3 is 2.61 bits per heavy atom. The lowest BCUT2D eigenvalue weighted by atomic mass is 9.99. The van der Waals surface area contributed by atoms with Gasteiger partial charge in [-0.2, -0.15) is 0 Å². The van der Waals surface area contributed by atoms with Crippen LogP contribution in [0.15, 0.2) is 44.6 Å². The summed E-state index contributed by atoms with van der Waals surface area (Å²) in [5.74, 6) is 0.873. The Balaban J connectivity index is 0.00000212. The first-order valence-electron chi connectivity index (χ1n) is 11.1. The highest BCUT2D eigenvalue weighted by molar-refractivity contribution is 8.14. The van der Waals surface area contributed by atoms with Gasteiger partial charge in [0.05, 0.1) is 10.7 Å². The summed E-state index contributed by atoms with van der Waals surface area (Å²) in [4.78, 5) is 21.7. The van der Waals surface area contributed by atoms with Crippen LogP contribution < -0.4 is 10.6 Å². The number of allylic oxidation sites excluding steroid dienone is 1. The number of terminal acetylenes is 1. The van der Waals surface area contributed by atoms with Crippen LogP contribution in [0, 0.1) is 12.8 Å². The molecule has 0 bridgehead atoms. The molecule has 6 heteroatoms. The van der Waals surface area contributed by atoms with Crippen LogP contribution in [0.3, 0.4) is 0 Å². The quantitative estimate of drug-likeness (QED) is 0.396. The van der Waals surface area contributed by atoms with E-state index >= 15 is 0 Å². The maximum atomic E-state index is 12.2. The first kappa shape index (κ1) is 28.9. The smallest absolute Gasteiger partial charge is 0.250 e.